The molecule has 0 aromatic heterocycles. The monoisotopic (exact) mass is 794 g/mol. The van der Waals surface area contributed by atoms with Gasteiger partial charge in [0.1, 0.15) is 0 Å². The van der Waals surface area contributed by atoms with E-state index in [1.807, 2.05) is 0 Å². The van der Waals surface area contributed by atoms with Gasteiger partial charge in [-0.05, 0) is 59.3 Å². The van der Waals surface area contributed by atoms with E-state index >= 15 is 0 Å². The van der Waals surface area contributed by atoms with Gasteiger partial charge in [0, 0.05) is 0 Å². The Morgan fingerprint density at radius 2 is 1.16 bits per heavy atom. The molecule has 0 amide bonds. The molecule has 0 aliphatic heterocycles. The Bertz CT molecular complexity index is 1920. The van der Waals surface area contributed by atoms with E-state index in [2.05, 4.69) is 157 Å². The molecule has 262 valence electrons. The normalized spacial score (nSPS) is 12.9. The molecule has 1 aliphatic rings. The average molecular weight is 797 g/mol. The summed E-state index contributed by atoms with van der Waals surface area (Å²) in [7, 11) is 0. The van der Waals surface area contributed by atoms with Crippen LogP contribution in [-0.4, -0.2) is 5.43 Å². The van der Waals surface area contributed by atoms with E-state index in [1.54, 1.807) is 23.3 Å². The van der Waals surface area contributed by atoms with Gasteiger partial charge in [-0.2, -0.15) is 12.1 Å². The second-order valence-electron chi connectivity index (χ2n) is 14.5. The summed E-state index contributed by atoms with van der Waals surface area (Å²) in [6.45, 7) is 15.8. The standard InChI is InChI=1S/C23H25.C21H23.C2H6Si.2ClH.Zr/c1-2-17-15-21-9-6-10-22(23(21)16-17)20-13-11-19(12-14-20)18-7-4-3-5-8-18;1-14(2)16-8-10-17(11-9-16)20-7-5-6-18-12-19(15(3)4)13-21(18)20;1-3-2;;;/h6,9-16,18H,2-5,7-8H2,1H3;5-15H,1-4H3;1-2H3;2*1H;/q2*-1;;;;+2/p-2. The van der Waals surface area contributed by atoms with Crippen molar-refractivity contribution < 1.29 is 48.1 Å². The predicted molar refractivity (Wildman–Crippen MR) is 211 cm³/mol. The first-order valence-corrected chi connectivity index (χ1v) is 24.4. The largest absolute Gasteiger partial charge is 1.00 e. The maximum absolute atomic E-state index is 2.37. The molecule has 0 atom stereocenters. The fourth-order valence-corrected chi connectivity index (χ4v) is 7.01. The van der Waals surface area contributed by atoms with Crippen LogP contribution in [-0.2, 0) is 29.8 Å². The fourth-order valence-electron chi connectivity index (χ4n) is 7.01. The molecule has 0 spiro atoms. The molecule has 0 nitrogen and oxygen atoms in total. The van der Waals surface area contributed by atoms with Gasteiger partial charge in [0.05, 0.1) is 0 Å². The van der Waals surface area contributed by atoms with Crippen LogP contribution in [0.5, 0.6) is 0 Å². The minimum absolute atomic E-state index is 0. The first-order chi connectivity index (χ1) is 23.1. The summed E-state index contributed by atoms with van der Waals surface area (Å²) < 4.78 is 0. The van der Waals surface area contributed by atoms with Crippen molar-refractivity contribution in [2.24, 2.45) is 0 Å². The van der Waals surface area contributed by atoms with E-state index in [9.17, 15) is 0 Å². The number of halogens is 2. The average Bonchev–Trinajstić information content (AvgIpc) is 3.74. The van der Waals surface area contributed by atoms with Crippen molar-refractivity contribution in [1.82, 2.24) is 0 Å². The van der Waals surface area contributed by atoms with Crippen LogP contribution in [0, 0.1) is 0 Å². The molecule has 0 unspecified atom stereocenters. The molecule has 0 N–H and O–H groups in total. The third-order valence-corrected chi connectivity index (χ3v) is 9.85. The summed E-state index contributed by atoms with van der Waals surface area (Å²) in [5.74, 6) is 1.95. The predicted octanol–water partition coefficient (Wildman–Crippen LogP) is 8.10. The first-order valence-electron chi connectivity index (χ1n) is 18.2. The quantitative estimate of drug-likeness (QED) is 0.118. The third-order valence-electron chi connectivity index (χ3n) is 9.85. The zero-order valence-electron chi connectivity index (χ0n) is 31.1. The van der Waals surface area contributed by atoms with Crippen molar-refractivity contribution in [2.45, 2.75) is 104 Å². The molecular formula is C46H54Cl2SiZr-2. The van der Waals surface area contributed by atoms with E-state index in [0.717, 1.165) is 12.3 Å². The smallest absolute Gasteiger partial charge is 1.00 e. The third kappa shape index (κ3) is 10.9. The van der Waals surface area contributed by atoms with Crippen molar-refractivity contribution in [3.05, 3.63) is 131 Å². The number of benzene rings is 4. The number of hydrogen-bond donors (Lipinski definition) is 0. The summed E-state index contributed by atoms with van der Waals surface area (Å²) in [4.78, 5) is 0. The van der Waals surface area contributed by atoms with E-state index < -0.39 is 0 Å². The molecule has 0 heterocycles. The first kappa shape index (κ1) is 42.2. The summed E-state index contributed by atoms with van der Waals surface area (Å²) in [6, 6.07) is 41.1. The van der Waals surface area contributed by atoms with Crippen LogP contribution in [0.1, 0.15) is 107 Å². The van der Waals surface area contributed by atoms with Gasteiger partial charge in [0.25, 0.3) is 0 Å². The number of fused-ring (bicyclic) bond motifs is 2. The summed E-state index contributed by atoms with van der Waals surface area (Å²) in [5, 5.41) is 5.49. The number of rotatable bonds is 6. The van der Waals surface area contributed by atoms with Gasteiger partial charge in [0.2, 0.25) is 0 Å². The minimum atomic E-state index is 0. The Kier molecular flexibility index (Phi) is 17.0. The molecule has 6 aromatic carbocycles. The van der Waals surface area contributed by atoms with Crippen LogP contribution >= 0.6 is 0 Å². The van der Waals surface area contributed by atoms with Crippen LogP contribution in [0.2, 0.25) is 13.1 Å². The Hall–Kier alpha value is -2.22. The molecule has 0 bridgehead atoms. The number of aryl methyl sites for hydroxylation is 1. The van der Waals surface area contributed by atoms with Crippen molar-refractivity contribution in [3.8, 4) is 22.3 Å². The van der Waals surface area contributed by atoms with Gasteiger partial charge < -0.3 is 24.8 Å². The molecule has 0 saturated heterocycles. The van der Waals surface area contributed by atoms with Crippen molar-refractivity contribution in [2.75, 3.05) is 0 Å². The molecule has 1 aliphatic carbocycles. The summed E-state index contributed by atoms with van der Waals surface area (Å²) >= 11 is 1.74. The molecule has 1 fully saturated rings. The van der Waals surface area contributed by atoms with Gasteiger partial charge in [0.15, 0.2) is 0 Å². The molecule has 6 aromatic rings. The van der Waals surface area contributed by atoms with Gasteiger partial charge in [-0.3, -0.25) is 0 Å². The zero-order chi connectivity index (χ0) is 34.2. The summed E-state index contributed by atoms with van der Waals surface area (Å²) in [5.41, 5.74) is 11.4. The zero-order valence-corrected chi connectivity index (χ0v) is 36.1. The van der Waals surface area contributed by atoms with Crippen molar-refractivity contribution in [3.63, 3.8) is 0 Å². The Morgan fingerprint density at radius 3 is 1.66 bits per heavy atom. The van der Waals surface area contributed by atoms with Gasteiger partial charge in [-0.25, -0.2) is 0 Å². The van der Waals surface area contributed by atoms with Crippen LogP contribution < -0.4 is 24.8 Å². The fraction of sp³-hybridized carbons (Fsp3) is 0.348. The topological polar surface area (TPSA) is 0 Å². The number of hydrogen-bond acceptors (Lipinski definition) is 0. The molecule has 50 heavy (non-hydrogen) atoms. The molecule has 0 radical (unpaired) electrons. The second kappa shape index (κ2) is 20.1. The van der Waals surface area contributed by atoms with Crippen LogP contribution in [0.25, 0.3) is 43.8 Å². The van der Waals surface area contributed by atoms with Crippen LogP contribution in [0.15, 0.2) is 109 Å². The van der Waals surface area contributed by atoms with Gasteiger partial charge in [-0.15, -0.1) is 69.1 Å². The van der Waals surface area contributed by atoms with Crippen LogP contribution in [0.4, 0.5) is 0 Å². The van der Waals surface area contributed by atoms with Crippen molar-refractivity contribution in [1.29, 1.82) is 0 Å². The maximum atomic E-state index is 2.37. The molecule has 1 saturated carbocycles. The molecular weight excluding hydrogens is 743 g/mol. The van der Waals surface area contributed by atoms with E-state index in [-0.39, 0.29) is 30.2 Å². The SMILES string of the molecule is CC(C)c1ccc(-c2cccc3[cH-]c(C(C)C)cc23)cc1.CCc1cc2c(-c3ccc(C4CCCCC4)cc3)cccc2[cH-]1.C[Si](C)=[Zr+2].[Cl-].[Cl-]. The minimum Gasteiger partial charge on any atom is -1.00 e. The Balaban J connectivity index is 0.000000237. The van der Waals surface area contributed by atoms with E-state index in [1.165, 1.54) is 98.2 Å². The molecule has 4 heteroatoms. The summed E-state index contributed by atoms with van der Waals surface area (Å²) in [6.07, 6.45) is 8.08. The second-order valence-corrected chi connectivity index (χ2v) is 23.9. The Labute approximate surface area is 330 Å². The Morgan fingerprint density at radius 1 is 0.660 bits per heavy atom. The van der Waals surface area contributed by atoms with Gasteiger partial charge >= 0.3 is 41.9 Å². The van der Waals surface area contributed by atoms with Crippen molar-refractivity contribution >= 4 is 27.0 Å². The van der Waals surface area contributed by atoms with Gasteiger partial charge in [-0.1, -0.05) is 126 Å². The van der Waals surface area contributed by atoms with Crippen LogP contribution in [0.3, 0.4) is 0 Å². The maximum Gasteiger partial charge on any atom is -1.00 e. The van der Waals surface area contributed by atoms with E-state index in [0.29, 0.717) is 11.8 Å². The van der Waals surface area contributed by atoms with E-state index in [4.69, 9.17) is 0 Å². The molecule has 7 rings (SSSR count).